The van der Waals surface area contributed by atoms with E-state index in [2.05, 4.69) is 10.5 Å². The zero-order valence-electron chi connectivity index (χ0n) is 13.8. The van der Waals surface area contributed by atoms with E-state index in [1.807, 2.05) is 6.07 Å². The van der Waals surface area contributed by atoms with E-state index in [0.29, 0.717) is 22.9 Å². The maximum atomic E-state index is 11.9. The summed E-state index contributed by atoms with van der Waals surface area (Å²) in [6.07, 6.45) is 1.82. The topological polar surface area (TPSA) is 84.8 Å². The number of carbonyl (C=O) groups excluding carboxylic acids is 1. The molecule has 1 aliphatic rings. The molecule has 1 heterocycles. The van der Waals surface area contributed by atoms with Crippen molar-refractivity contribution in [2.45, 2.75) is 6.42 Å². The lowest BCUT2D eigenvalue weighted by atomic mass is 10.1. The fraction of sp³-hybridized carbons (Fsp3) is 0.222. The Morgan fingerprint density at radius 2 is 1.96 bits per heavy atom. The molecular formula is C18H17ClN2O4S. The maximum Gasteiger partial charge on any atom is 0.244 e. The molecule has 3 rings (SSSR count). The number of ether oxygens (including phenoxy) is 1. The van der Waals surface area contributed by atoms with E-state index < -0.39 is 15.8 Å². The van der Waals surface area contributed by atoms with Crippen molar-refractivity contribution in [2.24, 2.45) is 11.0 Å². The molecule has 0 aliphatic carbocycles. The zero-order valence-corrected chi connectivity index (χ0v) is 15.3. The van der Waals surface area contributed by atoms with Crippen LogP contribution in [0.2, 0.25) is 5.02 Å². The van der Waals surface area contributed by atoms with Crippen LogP contribution in [0.5, 0.6) is 11.5 Å². The first-order chi connectivity index (χ1) is 12.4. The van der Waals surface area contributed by atoms with Gasteiger partial charge in [-0.1, -0.05) is 23.7 Å². The first kappa shape index (κ1) is 18.4. The maximum absolute atomic E-state index is 11.9. The van der Waals surface area contributed by atoms with Gasteiger partial charge >= 0.3 is 0 Å². The quantitative estimate of drug-likeness (QED) is 0.626. The second kappa shape index (κ2) is 7.88. The molecule has 8 heteroatoms. The average molecular weight is 393 g/mol. The second-order valence-corrected chi connectivity index (χ2v) is 8.63. The molecule has 26 heavy (non-hydrogen) atoms. The Labute approximate surface area is 156 Å². The van der Waals surface area contributed by atoms with Gasteiger partial charge in [0.1, 0.15) is 11.5 Å². The van der Waals surface area contributed by atoms with E-state index in [1.54, 1.807) is 42.5 Å². The number of hydrazone groups is 1. The largest absolute Gasteiger partial charge is 0.457 e. The minimum Gasteiger partial charge on any atom is -0.457 e. The first-order valence-corrected chi connectivity index (χ1v) is 10.2. The highest BCUT2D eigenvalue weighted by atomic mass is 35.5. The van der Waals surface area contributed by atoms with Crippen molar-refractivity contribution in [2.75, 3.05) is 11.5 Å². The smallest absolute Gasteiger partial charge is 0.244 e. The number of nitrogens with zero attached hydrogens (tertiary/aromatic N) is 1. The summed E-state index contributed by atoms with van der Waals surface area (Å²) in [6.45, 7) is 0. The Hall–Kier alpha value is -2.38. The predicted molar refractivity (Wildman–Crippen MR) is 100 cm³/mol. The molecule has 0 saturated carbocycles. The normalized spacial score (nSPS) is 18.7. The van der Waals surface area contributed by atoms with Crippen molar-refractivity contribution in [3.8, 4) is 11.5 Å². The minimum atomic E-state index is -3.09. The third-order valence-corrected chi connectivity index (χ3v) is 5.92. The molecule has 6 nitrogen and oxygen atoms in total. The lowest BCUT2D eigenvalue weighted by Crippen LogP contribution is -2.27. The second-order valence-electron chi connectivity index (χ2n) is 5.96. The molecule has 1 fully saturated rings. The molecule has 0 bridgehead atoms. The van der Waals surface area contributed by atoms with Crippen LogP contribution < -0.4 is 10.2 Å². The summed E-state index contributed by atoms with van der Waals surface area (Å²) in [4.78, 5) is 11.9. The van der Waals surface area contributed by atoms with Crippen LogP contribution in [-0.4, -0.2) is 32.0 Å². The molecule has 1 saturated heterocycles. The monoisotopic (exact) mass is 392 g/mol. The van der Waals surface area contributed by atoms with Crippen LogP contribution in [0.15, 0.2) is 53.6 Å². The fourth-order valence-corrected chi connectivity index (χ4v) is 4.43. The lowest BCUT2D eigenvalue weighted by Gasteiger charge is -2.07. The fourth-order valence-electron chi connectivity index (χ4n) is 2.56. The van der Waals surface area contributed by atoms with Crippen molar-refractivity contribution in [1.82, 2.24) is 5.43 Å². The standard InChI is InChI=1S/C18H17ClN2O4S/c19-15-4-6-16(7-5-15)25-17-3-1-2-13(10-17)11-20-21-18(22)14-8-9-26(23,24)12-14/h1-7,10-11,14H,8-9,12H2,(H,21,22)/b20-11-/t14-/m1/s1. The minimum absolute atomic E-state index is 0.0544. The summed E-state index contributed by atoms with van der Waals surface area (Å²) in [5, 5.41) is 4.53. The Balaban J connectivity index is 1.59. The van der Waals surface area contributed by atoms with Gasteiger partial charge in [0.2, 0.25) is 5.91 Å². The first-order valence-electron chi connectivity index (χ1n) is 7.98. The highest BCUT2D eigenvalue weighted by Crippen LogP contribution is 2.23. The average Bonchev–Trinajstić information content (AvgIpc) is 2.97. The summed E-state index contributed by atoms with van der Waals surface area (Å²) in [5.41, 5.74) is 3.13. The van der Waals surface area contributed by atoms with Gasteiger partial charge in [-0.25, -0.2) is 13.8 Å². The lowest BCUT2D eigenvalue weighted by molar-refractivity contribution is -0.124. The van der Waals surface area contributed by atoms with Gasteiger partial charge < -0.3 is 4.74 Å². The molecule has 0 spiro atoms. The number of benzene rings is 2. The van der Waals surface area contributed by atoms with E-state index >= 15 is 0 Å². The van der Waals surface area contributed by atoms with Crippen molar-refractivity contribution in [3.05, 3.63) is 59.1 Å². The molecule has 2 aromatic rings. The van der Waals surface area contributed by atoms with E-state index in [-0.39, 0.29) is 17.4 Å². The van der Waals surface area contributed by atoms with E-state index in [1.165, 1.54) is 6.21 Å². The SMILES string of the molecule is O=C(N/N=C\c1cccc(Oc2ccc(Cl)cc2)c1)[C@@H]1CCS(=O)(=O)C1. The Kier molecular flexibility index (Phi) is 5.58. The van der Waals surface area contributed by atoms with E-state index in [9.17, 15) is 13.2 Å². The van der Waals surface area contributed by atoms with Gasteiger partial charge in [0.15, 0.2) is 9.84 Å². The van der Waals surface area contributed by atoms with Crippen molar-refractivity contribution in [1.29, 1.82) is 0 Å². The summed E-state index contributed by atoms with van der Waals surface area (Å²) in [6, 6.07) is 14.2. The van der Waals surface area contributed by atoms with Crippen LogP contribution in [0.4, 0.5) is 0 Å². The molecule has 1 atom stereocenters. The van der Waals surface area contributed by atoms with Gasteiger partial charge in [0.25, 0.3) is 0 Å². The highest BCUT2D eigenvalue weighted by molar-refractivity contribution is 7.91. The van der Waals surface area contributed by atoms with Gasteiger partial charge in [-0.05, 0) is 48.4 Å². The molecule has 0 radical (unpaired) electrons. The molecule has 1 N–H and O–H groups in total. The van der Waals surface area contributed by atoms with Crippen LogP contribution in [0, 0.1) is 5.92 Å². The third kappa shape index (κ3) is 5.06. The van der Waals surface area contributed by atoms with Crippen LogP contribution in [-0.2, 0) is 14.6 Å². The molecule has 0 aromatic heterocycles. The van der Waals surface area contributed by atoms with Crippen molar-refractivity contribution >= 4 is 33.6 Å². The number of carbonyl (C=O) groups is 1. The van der Waals surface area contributed by atoms with Crippen LogP contribution >= 0.6 is 11.6 Å². The predicted octanol–water partition coefficient (Wildman–Crippen LogP) is 3.02. The molecule has 0 unspecified atom stereocenters. The van der Waals surface area contributed by atoms with Crippen LogP contribution in [0.1, 0.15) is 12.0 Å². The van der Waals surface area contributed by atoms with Crippen molar-refractivity contribution < 1.29 is 17.9 Å². The molecular weight excluding hydrogens is 376 g/mol. The number of halogens is 1. The van der Waals surface area contributed by atoms with E-state index in [0.717, 1.165) is 5.56 Å². The van der Waals surface area contributed by atoms with Crippen LogP contribution in [0.25, 0.3) is 0 Å². The highest BCUT2D eigenvalue weighted by Gasteiger charge is 2.32. The number of hydrogen-bond acceptors (Lipinski definition) is 5. The number of hydrogen-bond donors (Lipinski definition) is 1. The molecule has 2 aromatic carbocycles. The number of amides is 1. The Morgan fingerprint density at radius 1 is 1.19 bits per heavy atom. The number of rotatable bonds is 5. The molecule has 1 amide bonds. The van der Waals surface area contributed by atoms with Gasteiger partial charge in [-0.3, -0.25) is 4.79 Å². The van der Waals surface area contributed by atoms with Gasteiger partial charge in [-0.15, -0.1) is 0 Å². The summed E-state index contributed by atoms with van der Waals surface area (Å²) in [5.74, 6) is 0.300. The number of nitrogens with one attached hydrogen (secondary N) is 1. The Morgan fingerprint density at radius 3 is 2.65 bits per heavy atom. The third-order valence-electron chi connectivity index (χ3n) is 3.90. The molecule has 136 valence electrons. The summed E-state index contributed by atoms with van der Waals surface area (Å²) < 4.78 is 28.5. The Bertz CT molecular complexity index is 926. The van der Waals surface area contributed by atoms with Crippen LogP contribution in [0.3, 0.4) is 0 Å². The van der Waals surface area contributed by atoms with Gasteiger partial charge in [0, 0.05) is 5.02 Å². The van der Waals surface area contributed by atoms with Crippen molar-refractivity contribution in [3.63, 3.8) is 0 Å². The van der Waals surface area contributed by atoms with E-state index in [4.69, 9.17) is 16.3 Å². The summed E-state index contributed by atoms with van der Waals surface area (Å²) >= 11 is 5.84. The number of sulfone groups is 1. The van der Waals surface area contributed by atoms with Gasteiger partial charge in [-0.2, -0.15) is 5.10 Å². The molecule has 1 aliphatic heterocycles. The zero-order chi connectivity index (χ0) is 18.6. The van der Waals surface area contributed by atoms with Gasteiger partial charge in [0.05, 0.1) is 23.6 Å². The summed E-state index contributed by atoms with van der Waals surface area (Å²) in [7, 11) is -3.09.